The monoisotopic (exact) mass is 1240 g/mol. The number of hydrogen-bond acceptors (Lipinski definition) is 4. The fraction of sp³-hybridized carbons (Fsp3) is 0.0909. The van der Waals surface area contributed by atoms with Crippen LogP contribution in [0.5, 0.6) is 0 Å². The van der Waals surface area contributed by atoms with Gasteiger partial charge in [0.15, 0.2) is 5.82 Å². The molecule has 0 fully saturated rings. The third-order valence-corrected chi connectivity index (χ3v) is 19.2. The van der Waals surface area contributed by atoms with Gasteiger partial charge in [0, 0.05) is 93.6 Å². The van der Waals surface area contributed by atoms with Crippen molar-refractivity contribution in [3.63, 3.8) is 0 Å². The standard InChI is InChI=1S/2C44H34N4/c1-27-17-20-42-35(23-27)32-11-5-8-14-39(32)47(42)41-16-10-7-13-34(41)37-26-31(38-25-29(3)45-30(4)46-38)19-22-44(37)48-40-15-9-6-12-33(40)36-24-28(2)18-21-43(36)48;1-27-17-20-41-35(23-27)32-11-5-8-14-38(32)47(41)40-16-10-7-13-34(40)37-26-31(44-45-29(3)25-30(4)46-44)19-22-43(37)48-39-15-9-6-12-33(39)36-24-28(2)18-21-42(36)48/h2*5-26H,1-4H3. The van der Waals surface area contributed by atoms with Crippen molar-refractivity contribution in [3.05, 3.63) is 312 Å². The maximum atomic E-state index is 4.88. The molecule has 18 aromatic rings. The average Bonchev–Trinajstić information content (AvgIpc) is 1.59. The van der Waals surface area contributed by atoms with Crippen molar-refractivity contribution < 1.29 is 0 Å². The zero-order chi connectivity index (χ0) is 65.0. The second-order valence-corrected chi connectivity index (χ2v) is 25.9. The number of nitrogens with zero attached hydrogens (tertiary/aromatic N) is 8. The van der Waals surface area contributed by atoms with Crippen LogP contribution < -0.4 is 0 Å². The molecule has 0 aliphatic carbocycles. The van der Waals surface area contributed by atoms with Gasteiger partial charge in [-0.1, -0.05) is 162 Å². The van der Waals surface area contributed by atoms with Crippen molar-refractivity contribution in [1.82, 2.24) is 38.2 Å². The van der Waals surface area contributed by atoms with Crippen LogP contribution in [0.4, 0.5) is 0 Å². The molecule has 0 bridgehead atoms. The molecule has 0 atom stereocenters. The van der Waals surface area contributed by atoms with Crippen LogP contribution in [0.1, 0.15) is 45.2 Å². The maximum absolute atomic E-state index is 4.88. The third kappa shape index (κ3) is 9.66. The zero-order valence-corrected chi connectivity index (χ0v) is 55.0. The third-order valence-electron chi connectivity index (χ3n) is 19.2. The largest absolute Gasteiger partial charge is 0.309 e. The number of rotatable bonds is 8. The van der Waals surface area contributed by atoms with Crippen LogP contribution in [-0.4, -0.2) is 38.2 Å². The molecule has 18 rings (SSSR count). The summed E-state index contributed by atoms with van der Waals surface area (Å²) in [4.78, 5) is 19.2. The van der Waals surface area contributed by atoms with Crippen LogP contribution in [-0.2, 0) is 0 Å². The number of hydrogen-bond donors (Lipinski definition) is 0. The second kappa shape index (κ2) is 22.9. The predicted molar refractivity (Wildman–Crippen MR) is 401 cm³/mol. The van der Waals surface area contributed by atoms with Gasteiger partial charge in [-0.05, 0) is 183 Å². The van der Waals surface area contributed by atoms with Gasteiger partial charge in [0.1, 0.15) is 5.82 Å². The van der Waals surface area contributed by atoms with Crippen LogP contribution in [0.2, 0.25) is 0 Å². The summed E-state index contributed by atoms with van der Waals surface area (Å²) in [6.07, 6.45) is 0. The highest BCUT2D eigenvalue weighted by Crippen LogP contribution is 2.45. The smallest absolute Gasteiger partial charge is 0.159 e. The number of fused-ring (bicyclic) bond motifs is 12. The van der Waals surface area contributed by atoms with E-state index in [1.54, 1.807) is 0 Å². The van der Waals surface area contributed by atoms with Crippen LogP contribution in [0.15, 0.2) is 267 Å². The Labute approximate surface area is 557 Å². The van der Waals surface area contributed by atoms with Gasteiger partial charge in [0.2, 0.25) is 0 Å². The van der Waals surface area contributed by atoms with Crippen molar-refractivity contribution >= 4 is 87.2 Å². The quantitative estimate of drug-likeness (QED) is 0.152. The van der Waals surface area contributed by atoms with E-state index in [2.05, 4.69) is 312 Å². The van der Waals surface area contributed by atoms with E-state index in [0.717, 1.165) is 90.6 Å². The lowest BCUT2D eigenvalue weighted by Crippen LogP contribution is -2.02. The Bertz CT molecular complexity index is 5790. The van der Waals surface area contributed by atoms with Crippen molar-refractivity contribution in [2.45, 2.75) is 55.4 Å². The molecule has 0 N–H and O–H groups in total. The van der Waals surface area contributed by atoms with Crippen molar-refractivity contribution in [3.8, 4) is 67.6 Å². The van der Waals surface area contributed by atoms with Crippen LogP contribution in [0, 0.1) is 55.4 Å². The molecule has 8 nitrogen and oxygen atoms in total. The number of aryl methyl sites for hydroxylation is 8. The molecule has 0 saturated heterocycles. The molecule has 0 spiro atoms. The van der Waals surface area contributed by atoms with E-state index in [1.807, 2.05) is 33.8 Å². The van der Waals surface area contributed by atoms with E-state index in [1.165, 1.54) is 109 Å². The molecule has 6 aromatic heterocycles. The molecular formula is C88H68N8. The summed E-state index contributed by atoms with van der Waals surface area (Å²) in [6, 6.07) is 97.4. The number of para-hydroxylation sites is 6. The maximum Gasteiger partial charge on any atom is 0.159 e. The first-order valence-corrected chi connectivity index (χ1v) is 33.0. The highest BCUT2D eigenvalue weighted by molar-refractivity contribution is 6.14. The van der Waals surface area contributed by atoms with E-state index in [9.17, 15) is 0 Å². The van der Waals surface area contributed by atoms with E-state index < -0.39 is 0 Å². The minimum atomic E-state index is 0.739. The fourth-order valence-corrected chi connectivity index (χ4v) is 15.1. The fourth-order valence-electron chi connectivity index (χ4n) is 15.1. The van der Waals surface area contributed by atoms with Gasteiger partial charge in [-0.2, -0.15) is 0 Å². The first kappa shape index (κ1) is 57.9. The Morgan fingerprint density at radius 1 is 0.219 bits per heavy atom. The van der Waals surface area contributed by atoms with E-state index in [0.29, 0.717) is 0 Å². The molecule has 0 unspecified atom stereocenters. The SMILES string of the molecule is Cc1ccc2c(c1)c1ccccc1n2-c1ccccc1-c1cc(-c2cc(C)nc(C)n2)ccc1-n1c2ccccc2c2cc(C)ccc21.Cc1ccc2c(c1)c1ccccc1n2-c1ccccc1-c1cc(-c2nc(C)cc(C)n2)ccc1-n1c2ccccc2c2cc(C)ccc21. The Morgan fingerprint density at radius 3 is 0.917 bits per heavy atom. The van der Waals surface area contributed by atoms with Gasteiger partial charge in [-0.3, -0.25) is 0 Å². The molecule has 0 amide bonds. The first-order valence-electron chi connectivity index (χ1n) is 33.0. The van der Waals surface area contributed by atoms with Gasteiger partial charge < -0.3 is 18.3 Å². The van der Waals surface area contributed by atoms with Gasteiger partial charge in [-0.25, -0.2) is 19.9 Å². The first-order chi connectivity index (χ1) is 46.9. The summed E-state index contributed by atoms with van der Waals surface area (Å²) in [6.45, 7) is 16.7. The van der Waals surface area contributed by atoms with Gasteiger partial charge in [0.05, 0.1) is 72.6 Å². The normalized spacial score (nSPS) is 11.8. The lowest BCUT2D eigenvalue weighted by atomic mass is 9.97. The van der Waals surface area contributed by atoms with Crippen LogP contribution in [0.3, 0.4) is 0 Å². The van der Waals surface area contributed by atoms with Gasteiger partial charge in [-0.15, -0.1) is 0 Å². The average molecular weight is 1240 g/mol. The number of aromatic nitrogens is 8. The highest BCUT2D eigenvalue weighted by Gasteiger charge is 2.25. The Balaban J connectivity index is 0.000000145. The lowest BCUT2D eigenvalue weighted by molar-refractivity contribution is 1.02. The topological polar surface area (TPSA) is 71.3 Å². The minimum absolute atomic E-state index is 0.739. The van der Waals surface area contributed by atoms with E-state index in [4.69, 9.17) is 15.0 Å². The minimum Gasteiger partial charge on any atom is -0.309 e. The zero-order valence-electron chi connectivity index (χ0n) is 55.0. The molecule has 12 aromatic carbocycles. The summed E-state index contributed by atoms with van der Waals surface area (Å²) < 4.78 is 9.73. The number of benzene rings is 12. The molecular weight excluding hydrogens is 1170 g/mol. The summed E-state index contributed by atoms with van der Waals surface area (Å²) >= 11 is 0. The van der Waals surface area contributed by atoms with E-state index in [-0.39, 0.29) is 0 Å². The Hall–Kier alpha value is -12.0. The highest BCUT2D eigenvalue weighted by atomic mass is 15.0. The van der Waals surface area contributed by atoms with Crippen molar-refractivity contribution in [2.75, 3.05) is 0 Å². The summed E-state index contributed by atoms with van der Waals surface area (Å²) in [5.74, 6) is 1.51. The molecule has 96 heavy (non-hydrogen) atoms. The molecule has 6 heterocycles. The molecule has 460 valence electrons. The molecule has 0 aliphatic rings. The van der Waals surface area contributed by atoms with Gasteiger partial charge >= 0.3 is 0 Å². The summed E-state index contributed by atoms with van der Waals surface area (Å²) in [5, 5.41) is 10.0. The van der Waals surface area contributed by atoms with Gasteiger partial charge in [0.25, 0.3) is 0 Å². The lowest BCUT2D eigenvalue weighted by Gasteiger charge is -2.19. The second-order valence-electron chi connectivity index (χ2n) is 25.9. The van der Waals surface area contributed by atoms with E-state index >= 15 is 0 Å². The van der Waals surface area contributed by atoms with Crippen molar-refractivity contribution in [2.24, 2.45) is 0 Å². The Morgan fingerprint density at radius 2 is 0.531 bits per heavy atom. The molecule has 0 radical (unpaired) electrons. The summed E-state index contributed by atoms with van der Waals surface area (Å²) in [5.41, 5.74) is 29.4. The van der Waals surface area contributed by atoms with Crippen LogP contribution in [0.25, 0.3) is 155 Å². The Kier molecular flexibility index (Phi) is 13.8. The summed E-state index contributed by atoms with van der Waals surface area (Å²) in [7, 11) is 0. The van der Waals surface area contributed by atoms with Crippen molar-refractivity contribution in [1.29, 1.82) is 0 Å². The molecule has 8 heteroatoms. The molecule has 0 aliphatic heterocycles. The predicted octanol–water partition coefficient (Wildman–Crippen LogP) is 22.5. The molecule has 0 saturated carbocycles. The van der Waals surface area contributed by atoms with Crippen LogP contribution >= 0.6 is 0 Å².